The zero-order valence-electron chi connectivity index (χ0n) is 4.22. The maximum Gasteiger partial charge on any atom is 0.0358 e. The minimum absolute atomic E-state index is 0.973. The van der Waals surface area contributed by atoms with Crippen LogP contribution in [0.15, 0.2) is 12.3 Å². The van der Waals surface area contributed by atoms with E-state index in [9.17, 15) is 0 Å². The van der Waals surface area contributed by atoms with Crippen LogP contribution in [0.5, 0.6) is 0 Å². The van der Waals surface area contributed by atoms with Crippen molar-refractivity contribution in [3.63, 3.8) is 0 Å². The van der Waals surface area contributed by atoms with Gasteiger partial charge in [-0.05, 0) is 11.9 Å². The van der Waals surface area contributed by atoms with Crippen LogP contribution in [0.1, 0.15) is 0 Å². The molecule has 0 aliphatic carbocycles. The molecule has 0 aromatic rings. The fraction of sp³-hybridized carbons (Fsp3) is 0.500. The van der Waals surface area contributed by atoms with Gasteiger partial charge in [-0.25, -0.2) is 5.43 Å². The fourth-order valence-electron chi connectivity index (χ4n) is 0.469. The Labute approximate surface area is 47.7 Å². The quantitative estimate of drug-likeness (QED) is 0.505. The highest BCUT2D eigenvalue weighted by Crippen LogP contribution is 2.03. The Bertz CT molecular complexity index is 81.8. The summed E-state index contributed by atoms with van der Waals surface area (Å²) in [5.74, 6) is 0. The van der Waals surface area contributed by atoms with Crippen LogP contribution in [-0.2, 0) is 0 Å². The Hall–Kier alpha value is -0.150. The topological polar surface area (TPSA) is 15.3 Å². The SMILES string of the molecule is CSN1C=CCN1. The second-order valence-electron chi connectivity index (χ2n) is 1.26. The van der Waals surface area contributed by atoms with E-state index in [0.29, 0.717) is 0 Å². The summed E-state index contributed by atoms with van der Waals surface area (Å²) in [6.45, 7) is 0.973. The van der Waals surface area contributed by atoms with Crippen molar-refractivity contribution in [3.8, 4) is 0 Å². The lowest BCUT2D eigenvalue weighted by atomic mass is 10.7. The molecule has 0 saturated carbocycles. The fourth-order valence-corrected chi connectivity index (χ4v) is 0.881. The Morgan fingerprint density at radius 3 is 3.00 bits per heavy atom. The van der Waals surface area contributed by atoms with Gasteiger partial charge in [-0.3, -0.25) is 4.41 Å². The minimum Gasteiger partial charge on any atom is -0.258 e. The lowest BCUT2D eigenvalue weighted by Gasteiger charge is -2.08. The van der Waals surface area contributed by atoms with Crippen molar-refractivity contribution in [3.05, 3.63) is 12.3 Å². The van der Waals surface area contributed by atoms with E-state index in [1.807, 2.05) is 16.9 Å². The van der Waals surface area contributed by atoms with E-state index < -0.39 is 0 Å². The summed E-state index contributed by atoms with van der Waals surface area (Å²) in [5, 5.41) is 0. The second-order valence-corrected chi connectivity index (χ2v) is 2.01. The lowest BCUT2D eigenvalue weighted by molar-refractivity contribution is 0.519. The molecule has 0 atom stereocenters. The molecule has 0 radical (unpaired) electrons. The number of nitrogens with zero attached hydrogens (tertiary/aromatic N) is 1. The predicted molar refractivity (Wildman–Crippen MR) is 32.5 cm³/mol. The van der Waals surface area contributed by atoms with E-state index in [2.05, 4.69) is 11.5 Å². The molecule has 0 fully saturated rings. The van der Waals surface area contributed by atoms with Crippen LogP contribution in [-0.4, -0.2) is 17.2 Å². The van der Waals surface area contributed by atoms with Crippen molar-refractivity contribution in [1.82, 2.24) is 9.84 Å². The summed E-state index contributed by atoms with van der Waals surface area (Å²) in [4.78, 5) is 0. The zero-order valence-corrected chi connectivity index (χ0v) is 5.03. The molecule has 1 heterocycles. The summed E-state index contributed by atoms with van der Waals surface area (Å²) in [6.07, 6.45) is 6.13. The summed E-state index contributed by atoms with van der Waals surface area (Å²) in [7, 11) is 0. The van der Waals surface area contributed by atoms with Crippen LogP contribution < -0.4 is 5.43 Å². The third-order valence-electron chi connectivity index (χ3n) is 0.802. The molecule has 7 heavy (non-hydrogen) atoms. The molecule has 0 saturated heterocycles. The molecule has 1 rings (SSSR count). The number of rotatable bonds is 1. The highest BCUT2D eigenvalue weighted by molar-refractivity contribution is 7.96. The second kappa shape index (κ2) is 2.23. The first-order valence-electron chi connectivity index (χ1n) is 2.17. The third kappa shape index (κ3) is 1.11. The van der Waals surface area contributed by atoms with Gasteiger partial charge >= 0.3 is 0 Å². The standard InChI is InChI=1S/C4H8N2S/c1-7-6-4-2-3-5-6/h2,4-5H,3H2,1H3. The van der Waals surface area contributed by atoms with E-state index in [0.717, 1.165) is 6.54 Å². The normalized spacial score (nSPS) is 18.7. The highest BCUT2D eigenvalue weighted by atomic mass is 32.2. The smallest absolute Gasteiger partial charge is 0.0358 e. The maximum absolute atomic E-state index is 3.09. The third-order valence-corrected chi connectivity index (χ3v) is 1.45. The van der Waals surface area contributed by atoms with Gasteiger partial charge in [-0.15, -0.1) is 0 Å². The first-order chi connectivity index (χ1) is 3.43. The van der Waals surface area contributed by atoms with Gasteiger partial charge in [-0.2, -0.15) is 0 Å². The van der Waals surface area contributed by atoms with Crippen molar-refractivity contribution < 1.29 is 0 Å². The zero-order chi connectivity index (χ0) is 5.11. The average molecular weight is 116 g/mol. The van der Waals surface area contributed by atoms with Gasteiger partial charge in [0.15, 0.2) is 0 Å². The van der Waals surface area contributed by atoms with Crippen molar-refractivity contribution in [1.29, 1.82) is 0 Å². The number of hydrogen-bond donors (Lipinski definition) is 1. The van der Waals surface area contributed by atoms with Crippen molar-refractivity contribution in [2.75, 3.05) is 12.8 Å². The Morgan fingerprint density at radius 1 is 1.86 bits per heavy atom. The average Bonchev–Trinajstić information content (AvgIpc) is 2.14. The largest absolute Gasteiger partial charge is 0.258 e. The van der Waals surface area contributed by atoms with Gasteiger partial charge in [0.1, 0.15) is 0 Å². The van der Waals surface area contributed by atoms with E-state index in [4.69, 9.17) is 0 Å². The molecular formula is C4H8N2S. The van der Waals surface area contributed by atoms with Crippen LogP contribution in [0.4, 0.5) is 0 Å². The molecule has 0 aromatic heterocycles. The predicted octanol–water partition coefficient (Wildman–Crippen LogP) is 0.598. The van der Waals surface area contributed by atoms with Crippen LogP contribution in [0.2, 0.25) is 0 Å². The van der Waals surface area contributed by atoms with Gasteiger partial charge < -0.3 is 0 Å². The van der Waals surface area contributed by atoms with Crippen LogP contribution in [0.25, 0.3) is 0 Å². The van der Waals surface area contributed by atoms with E-state index in [1.165, 1.54) is 0 Å². The molecule has 2 nitrogen and oxygen atoms in total. The Morgan fingerprint density at radius 2 is 2.71 bits per heavy atom. The van der Waals surface area contributed by atoms with Gasteiger partial charge in [0.2, 0.25) is 0 Å². The minimum atomic E-state index is 0.973. The van der Waals surface area contributed by atoms with Crippen LogP contribution in [0.3, 0.4) is 0 Å². The molecule has 40 valence electrons. The highest BCUT2D eigenvalue weighted by Gasteiger charge is 1.96. The molecule has 3 heteroatoms. The van der Waals surface area contributed by atoms with Crippen molar-refractivity contribution in [2.24, 2.45) is 0 Å². The molecule has 0 aromatic carbocycles. The van der Waals surface area contributed by atoms with Gasteiger partial charge in [0.05, 0.1) is 0 Å². The van der Waals surface area contributed by atoms with E-state index >= 15 is 0 Å². The summed E-state index contributed by atoms with van der Waals surface area (Å²) in [5.41, 5.74) is 3.09. The van der Waals surface area contributed by atoms with E-state index in [1.54, 1.807) is 11.9 Å². The van der Waals surface area contributed by atoms with Crippen LogP contribution in [0, 0.1) is 0 Å². The van der Waals surface area contributed by atoms with E-state index in [-0.39, 0.29) is 0 Å². The molecule has 0 unspecified atom stereocenters. The molecule has 1 aliphatic heterocycles. The molecule has 1 aliphatic rings. The molecule has 0 bridgehead atoms. The van der Waals surface area contributed by atoms with Gasteiger partial charge in [0.25, 0.3) is 0 Å². The molecular weight excluding hydrogens is 108 g/mol. The Kier molecular flexibility index (Phi) is 1.59. The maximum atomic E-state index is 3.09. The number of hydrogen-bond acceptors (Lipinski definition) is 3. The number of hydrazine groups is 1. The lowest BCUT2D eigenvalue weighted by Crippen LogP contribution is -2.20. The Balaban J connectivity index is 2.28. The molecule has 1 N–H and O–H groups in total. The van der Waals surface area contributed by atoms with Crippen molar-refractivity contribution >= 4 is 11.9 Å². The van der Waals surface area contributed by atoms with Gasteiger partial charge in [-0.1, -0.05) is 6.08 Å². The first-order valence-corrected chi connectivity index (χ1v) is 3.35. The van der Waals surface area contributed by atoms with Crippen LogP contribution >= 0.6 is 11.9 Å². The monoisotopic (exact) mass is 116 g/mol. The summed E-state index contributed by atoms with van der Waals surface area (Å²) in [6, 6.07) is 0. The summed E-state index contributed by atoms with van der Waals surface area (Å²) < 4.78 is 1.97. The first kappa shape index (κ1) is 5.00. The summed E-state index contributed by atoms with van der Waals surface area (Å²) >= 11 is 1.67. The van der Waals surface area contributed by atoms with Crippen molar-refractivity contribution in [2.45, 2.75) is 0 Å². The van der Waals surface area contributed by atoms with Gasteiger partial charge in [0, 0.05) is 19.0 Å². The molecule has 0 spiro atoms. The number of nitrogens with one attached hydrogen (secondary N) is 1. The molecule has 0 amide bonds.